The van der Waals surface area contributed by atoms with Crippen LogP contribution in [-0.2, 0) is 0 Å². The fourth-order valence-corrected chi connectivity index (χ4v) is 5.96. The molecule has 8 rings (SSSR count). The average molecular weight is 489 g/mol. The van der Waals surface area contributed by atoms with E-state index in [2.05, 4.69) is 111 Å². The first-order chi connectivity index (χ1) is 18.6. The van der Waals surface area contributed by atoms with Crippen LogP contribution in [0.1, 0.15) is 11.1 Å². The molecule has 0 atom stereocenters. The van der Waals surface area contributed by atoms with Crippen LogP contribution < -0.4 is 9.47 Å². The number of ether oxygens (including phenoxy) is 2. The first kappa shape index (κ1) is 21.3. The third-order valence-electron chi connectivity index (χ3n) is 7.77. The van der Waals surface area contributed by atoms with Crippen LogP contribution >= 0.6 is 0 Å². The molecule has 0 saturated heterocycles. The van der Waals surface area contributed by atoms with E-state index in [4.69, 9.17) is 9.47 Å². The van der Waals surface area contributed by atoms with E-state index >= 15 is 0 Å². The zero-order chi connectivity index (χ0) is 25.4. The van der Waals surface area contributed by atoms with Crippen LogP contribution in [0.25, 0.3) is 55.3 Å². The molecule has 2 aliphatic heterocycles. The van der Waals surface area contributed by atoms with Gasteiger partial charge in [-0.1, -0.05) is 83.9 Å². The Hall–Kier alpha value is -4.82. The summed E-state index contributed by atoms with van der Waals surface area (Å²) in [6.45, 7) is 4.25. The van der Waals surface area contributed by atoms with Gasteiger partial charge in [0.1, 0.15) is 23.0 Å². The minimum Gasteiger partial charge on any atom is -0.456 e. The second kappa shape index (κ2) is 7.84. The average Bonchev–Trinajstić information content (AvgIpc) is 2.94. The molecular formula is C36H24O2. The largest absolute Gasteiger partial charge is 0.456 e. The second-order valence-electron chi connectivity index (χ2n) is 10.3. The van der Waals surface area contributed by atoms with Crippen molar-refractivity contribution < 1.29 is 9.47 Å². The smallest absolute Gasteiger partial charge is 0.136 e. The van der Waals surface area contributed by atoms with Crippen molar-refractivity contribution >= 4 is 10.8 Å². The van der Waals surface area contributed by atoms with E-state index in [0.29, 0.717) is 0 Å². The summed E-state index contributed by atoms with van der Waals surface area (Å²) < 4.78 is 13.1. The van der Waals surface area contributed by atoms with Gasteiger partial charge < -0.3 is 9.47 Å². The molecular weight excluding hydrogens is 464 g/mol. The summed E-state index contributed by atoms with van der Waals surface area (Å²) in [5.41, 5.74) is 11.8. The molecule has 0 bridgehead atoms. The van der Waals surface area contributed by atoms with Gasteiger partial charge >= 0.3 is 0 Å². The Balaban J connectivity index is 1.27. The highest BCUT2D eigenvalue weighted by Crippen LogP contribution is 2.55. The fraction of sp³-hybridized carbons (Fsp3) is 0.0556. The molecule has 0 aromatic heterocycles. The van der Waals surface area contributed by atoms with Crippen LogP contribution in [0.2, 0.25) is 0 Å². The molecule has 180 valence electrons. The molecule has 0 aliphatic carbocycles. The topological polar surface area (TPSA) is 18.5 Å². The summed E-state index contributed by atoms with van der Waals surface area (Å²) in [6, 6.07) is 38.8. The van der Waals surface area contributed by atoms with Crippen LogP contribution in [0.5, 0.6) is 23.0 Å². The predicted molar refractivity (Wildman–Crippen MR) is 155 cm³/mol. The molecule has 2 nitrogen and oxygen atoms in total. The molecule has 2 aliphatic rings. The first-order valence-corrected chi connectivity index (χ1v) is 13.0. The quantitative estimate of drug-likeness (QED) is 0.241. The number of hydrogen-bond acceptors (Lipinski definition) is 2. The van der Waals surface area contributed by atoms with Gasteiger partial charge in [-0.25, -0.2) is 0 Å². The zero-order valence-corrected chi connectivity index (χ0v) is 21.2. The van der Waals surface area contributed by atoms with E-state index in [1.165, 1.54) is 33.4 Å². The molecule has 0 radical (unpaired) electrons. The minimum absolute atomic E-state index is 0.873. The number of aryl methyl sites for hydroxylation is 2. The molecule has 2 heterocycles. The molecule has 0 unspecified atom stereocenters. The van der Waals surface area contributed by atoms with E-state index in [9.17, 15) is 0 Å². The third kappa shape index (κ3) is 3.13. The van der Waals surface area contributed by atoms with E-state index in [-0.39, 0.29) is 0 Å². The van der Waals surface area contributed by atoms with Crippen molar-refractivity contribution in [2.24, 2.45) is 0 Å². The summed E-state index contributed by atoms with van der Waals surface area (Å²) in [5.74, 6) is 3.52. The van der Waals surface area contributed by atoms with E-state index in [0.717, 1.165) is 56.0 Å². The Morgan fingerprint density at radius 2 is 0.789 bits per heavy atom. The Kier molecular flexibility index (Phi) is 4.39. The lowest BCUT2D eigenvalue weighted by atomic mass is 9.87. The molecule has 6 aromatic rings. The van der Waals surface area contributed by atoms with Gasteiger partial charge in [0.2, 0.25) is 0 Å². The maximum atomic E-state index is 6.54. The molecule has 2 heteroatoms. The summed E-state index contributed by atoms with van der Waals surface area (Å²) in [4.78, 5) is 0. The van der Waals surface area contributed by atoms with Gasteiger partial charge in [-0.2, -0.15) is 0 Å². The SMILES string of the molecule is Cc1cccc(-c2ccc3c(c2)Oc2ccc4c5c(ccc-3c25)-c2ccc(-c3cccc(C)c3)cc2O4)c1. The highest BCUT2D eigenvalue weighted by Gasteiger charge is 2.28. The van der Waals surface area contributed by atoms with Crippen molar-refractivity contribution in [3.63, 3.8) is 0 Å². The summed E-state index contributed by atoms with van der Waals surface area (Å²) >= 11 is 0. The van der Waals surface area contributed by atoms with Crippen molar-refractivity contribution in [1.29, 1.82) is 0 Å². The molecule has 38 heavy (non-hydrogen) atoms. The Labute approximate surface area is 221 Å². The maximum absolute atomic E-state index is 6.54. The standard InChI is InChI=1S/C36H24O2/c1-21-5-3-7-23(17-21)25-9-11-27-29-13-14-30-28-12-10-26(24-8-4-6-22(2)18-24)20-34(28)38-32-16-15-31(35(29)36(30)32)37-33(27)19-25/h3-20H,1-2H3. The monoisotopic (exact) mass is 488 g/mol. The van der Waals surface area contributed by atoms with Gasteiger partial charge in [0.15, 0.2) is 0 Å². The predicted octanol–water partition coefficient (Wildman–Crippen LogP) is 10.3. The van der Waals surface area contributed by atoms with Gasteiger partial charge in [-0.15, -0.1) is 0 Å². The van der Waals surface area contributed by atoms with Gasteiger partial charge in [-0.05, 0) is 83.6 Å². The molecule has 0 fully saturated rings. The van der Waals surface area contributed by atoms with Crippen molar-refractivity contribution in [3.8, 4) is 67.5 Å². The minimum atomic E-state index is 0.873. The highest BCUT2D eigenvalue weighted by molar-refractivity contribution is 6.14. The highest BCUT2D eigenvalue weighted by atomic mass is 16.5. The Morgan fingerprint density at radius 1 is 0.368 bits per heavy atom. The summed E-state index contributed by atoms with van der Waals surface area (Å²) in [5, 5.41) is 2.23. The number of fused-ring (bicyclic) bond motifs is 4. The number of benzene rings is 6. The molecule has 0 saturated carbocycles. The lowest BCUT2D eigenvalue weighted by molar-refractivity contribution is 0.475. The van der Waals surface area contributed by atoms with Crippen LogP contribution in [0.4, 0.5) is 0 Å². The summed E-state index contributed by atoms with van der Waals surface area (Å²) in [7, 11) is 0. The van der Waals surface area contributed by atoms with Gasteiger partial charge in [-0.3, -0.25) is 0 Å². The van der Waals surface area contributed by atoms with Crippen LogP contribution in [0, 0.1) is 13.8 Å². The Morgan fingerprint density at radius 3 is 1.24 bits per heavy atom. The van der Waals surface area contributed by atoms with Crippen molar-refractivity contribution in [2.45, 2.75) is 13.8 Å². The van der Waals surface area contributed by atoms with E-state index in [1.807, 2.05) is 12.1 Å². The number of rotatable bonds is 2. The van der Waals surface area contributed by atoms with Crippen LogP contribution in [-0.4, -0.2) is 0 Å². The molecule has 0 N–H and O–H groups in total. The number of hydrogen-bond donors (Lipinski definition) is 0. The van der Waals surface area contributed by atoms with E-state index < -0.39 is 0 Å². The molecule has 0 amide bonds. The van der Waals surface area contributed by atoms with Gasteiger partial charge in [0.25, 0.3) is 0 Å². The second-order valence-corrected chi connectivity index (χ2v) is 10.3. The van der Waals surface area contributed by atoms with Gasteiger partial charge in [0, 0.05) is 21.9 Å². The Bertz CT molecular complexity index is 1810. The lowest BCUT2D eigenvalue weighted by Crippen LogP contribution is -2.02. The van der Waals surface area contributed by atoms with E-state index in [1.54, 1.807) is 0 Å². The van der Waals surface area contributed by atoms with Crippen molar-refractivity contribution in [2.75, 3.05) is 0 Å². The maximum Gasteiger partial charge on any atom is 0.136 e. The zero-order valence-electron chi connectivity index (χ0n) is 21.2. The third-order valence-corrected chi connectivity index (χ3v) is 7.77. The van der Waals surface area contributed by atoms with Crippen molar-refractivity contribution in [1.82, 2.24) is 0 Å². The van der Waals surface area contributed by atoms with Crippen LogP contribution in [0.3, 0.4) is 0 Å². The van der Waals surface area contributed by atoms with Crippen molar-refractivity contribution in [3.05, 3.63) is 120 Å². The fourth-order valence-electron chi connectivity index (χ4n) is 5.96. The van der Waals surface area contributed by atoms with Gasteiger partial charge in [0.05, 0.1) is 0 Å². The molecule has 6 aromatic carbocycles. The normalized spacial score (nSPS) is 12.4. The first-order valence-electron chi connectivity index (χ1n) is 13.0. The molecule has 0 spiro atoms. The van der Waals surface area contributed by atoms with Crippen LogP contribution in [0.15, 0.2) is 109 Å². The summed E-state index contributed by atoms with van der Waals surface area (Å²) in [6.07, 6.45) is 0. The lowest BCUT2D eigenvalue weighted by Gasteiger charge is -2.27.